The minimum Gasteiger partial charge on any atom is -0.461 e. The van der Waals surface area contributed by atoms with E-state index in [4.69, 9.17) is 27.6 Å². The number of nitrogens with one attached hydrogen (secondary N) is 1. The highest BCUT2D eigenvalue weighted by Gasteiger charge is 2.17. The van der Waals surface area contributed by atoms with Crippen LogP contribution in [0.2, 0.25) is 10.0 Å². The van der Waals surface area contributed by atoms with Crippen molar-refractivity contribution in [2.75, 3.05) is 11.1 Å². The van der Waals surface area contributed by atoms with Crippen molar-refractivity contribution in [2.24, 2.45) is 0 Å². The highest BCUT2D eigenvalue weighted by molar-refractivity contribution is 7.99. The Morgan fingerprint density at radius 1 is 1.30 bits per heavy atom. The Bertz CT molecular complexity index is 1170. The number of thiazole rings is 1. The van der Waals surface area contributed by atoms with Gasteiger partial charge in [-0.25, -0.2) is 4.98 Å². The average Bonchev–Trinajstić information content (AvgIpc) is 3.46. The van der Waals surface area contributed by atoms with E-state index in [1.54, 1.807) is 30.5 Å². The second kappa shape index (κ2) is 9.22. The molecule has 7 nitrogen and oxygen atoms in total. The Balaban J connectivity index is 1.40. The van der Waals surface area contributed by atoms with E-state index >= 15 is 0 Å². The van der Waals surface area contributed by atoms with Crippen molar-refractivity contribution < 1.29 is 9.21 Å². The number of halogens is 2. The maximum Gasteiger partial charge on any atom is 0.236 e. The van der Waals surface area contributed by atoms with Gasteiger partial charge < -0.3 is 9.73 Å². The first kappa shape index (κ1) is 20.9. The van der Waals surface area contributed by atoms with Gasteiger partial charge in [-0.3, -0.25) is 9.36 Å². The molecule has 4 aromatic rings. The average molecular weight is 480 g/mol. The van der Waals surface area contributed by atoms with Crippen LogP contribution < -0.4 is 5.32 Å². The molecule has 0 aliphatic rings. The largest absolute Gasteiger partial charge is 0.461 e. The van der Waals surface area contributed by atoms with Gasteiger partial charge in [-0.15, -0.1) is 21.5 Å². The first-order chi connectivity index (χ1) is 14.5. The Morgan fingerprint density at radius 3 is 2.90 bits per heavy atom. The third kappa shape index (κ3) is 4.54. The lowest BCUT2D eigenvalue weighted by atomic mass is 10.2. The van der Waals surface area contributed by atoms with Crippen LogP contribution in [0.3, 0.4) is 0 Å². The number of benzene rings is 1. The van der Waals surface area contributed by atoms with Crippen molar-refractivity contribution in [1.82, 2.24) is 19.7 Å². The van der Waals surface area contributed by atoms with Gasteiger partial charge in [0.2, 0.25) is 5.91 Å². The molecule has 0 aliphatic heterocycles. The second-order valence-electron chi connectivity index (χ2n) is 6.03. The third-order valence-electron chi connectivity index (χ3n) is 4.06. The highest BCUT2D eigenvalue weighted by Crippen LogP contribution is 2.32. The van der Waals surface area contributed by atoms with Gasteiger partial charge in [-0.2, -0.15) is 0 Å². The molecule has 4 rings (SSSR count). The summed E-state index contributed by atoms with van der Waals surface area (Å²) in [6.07, 6.45) is 1.59. The number of carbonyl (C=O) groups excluding carboxylic acids is 1. The van der Waals surface area contributed by atoms with E-state index in [2.05, 4.69) is 20.5 Å². The summed E-state index contributed by atoms with van der Waals surface area (Å²) in [5.74, 6) is 1.26. The topological polar surface area (TPSA) is 85.8 Å². The van der Waals surface area contributed by atoms with Crippen LogP contribution in [0.15, 0.2) is 51.5 Å². The molecule has 1 N–H and O–H groups in total. The van der Waals surface area contributed by atoms with Crippen LogP contribution in [-0.2, 0) is 11.3 Å². The summed E-state index contributed by atoms with van der Waals surface area (Å²) in [5.41, 5.74) is 1.44. The van der Waals surface area contributed by atoms with E-state index in [-0.39, 0.29) is 11.7 Å². The fourth-order valence-electron chi connectivity index (χ4n) is 2.71. The molecule has 0 unspecified atom stereocenters. The number of anilines is 1. The monoisotopic (exact) mass is 479 g/mol. The van der Waals surface area contributed by atoms with Crippen LogP contribution >= 0.6 is 46.3 Å². The summed E-state index contributed by atoms with van der Waals surface area (Å²) in [6.45, 7) is 2.64. The molecular formula is C19H15Cl2N5O2S2. The Kier molecular flexibility index (Phi) is 6.43. The second-order valence-corrected chi connectivity index (χ2v) is 8.67. The number of thioether (sulfide) groups is 1. The molecule has 154 valence electrons. The zero-order valence-corrected chi connectivity index (χ0v) is 18.8. The molecule has 0 saturated heterocycles. The number of rotatable bonds is 7. The van der Waals surface area contributed by atoms with Crippen molar-refractivity contribution >= 4 is 57.3 Å². The molecule has 0 aliphatic carbocycles. The molecule has 0 saturated carbocycles. The molecule has 3 heterocycles. The SMILES string of the molecule is CCn1c(SCC(=O)Nc2nc(-c3ccc(Cl)cc3Cl)cs2)nnc1-c1ccco1. The summed E-state index contributed by atoms with van der Waals surface area (Å²) in [6, 6.07) is 8.83. The van der Waals surface area contributed by atoms with Crippen molar-refractivity contribution in [3.8, 4) is 22.8 Å². The number of furan rings is 1. The Hall–Kier alpha value is -2.33. The Labute approximate surface area is 190 Å². The van der Waals surface area contributed by atoms with Gasteiger partial charge >= 0.3 is 0 Å². The molecule has 30 heavy (non-hydrogen) atoms. The van der Waals surface area contributed by atoms with Crippen molar-refractivity contribution in [2.45, 2.75) is 18.6 Å². The zero-order valence-electron chi connectivity index (χ0n) is 15.6. The molecule has 11 heteroatoms. The van der Waals surface area contributed by atoms with Crippen molar-refractivity contribution in [3.63, 3.8) is 0 Å². The predicted molar refractivity (Wildman–Crippen MR) is 120 cm³/mol. The number of amides is 1. The fourth-order valence-corrected chi connectivity index (χ4v) is 4.74. The molecule has 1 aromatic carbocycles. The lowest BCUT2D eigenvalue weighted by Gasteiger charge is -2.05. The van der Waals surface area contributed by atoms with Gasteiger partial charge in [-0.05, 0) is 37.3 Å². The van der Waals surface area contributed by atoms with Crippen LogP contribution in [0.25, 0.3) is 22.8 Å². The van der Waals surface area contributed by atoms with Crippen molar-refractivity contribution in [3.05, 3.63) is 52.0 Å². The van der Waals surface area contributed by atoms with E-state index < -0.39 is 0 Å². The lowest BCUT2D eigenvalue weighted by Crippen LogP contribution is -2.14. The first-order valence-corrected chi connectivity index (χ1v) is 11.5. The predicted octanol–water partition coefficient (Wildman–Crippen LogP) is 5.72. The molecule has 0 bridgehead atoms. The maximum absolute atomic E-state index is 12.4. The zero-order chi connectivity index (χ0) is 21.1. The number of hydrogen-bond acceptors (Lipinski definition) is 7. The molecular weight excluding hydrogens is 465 g/mol. The van der Waals surface area contributed by atoms with Gasteiger partial charge in [0.1, 0.15) is 0 Å². The lowest BCUT2D eigenvalue weighted by molar-refractivity contribution is -0.113. The van der Waals surface area contributed by atoms with E-state index in [1.807, 2.05) is 22.9 Å². The van der Waals surface area contributed by atoms with Gasteiger partial charge in [0.15, 0.2) is 21.9 Å². The van der Waals surface area contributed by atoms with Gasteiger partial charge in [0, 0.05) is 22.5 Å². The summed E-state index contributed by atoms with van der Waals surface area (Å²) >= 11 is 14.8. The van der Waals surface area contributed by atoms with Crippen molar-refractivity contribution in [1.29, 1.82) is 0 Å². The molecule has 0 atom stereocenters. The van der Waals surface area contributed by atoms with Crippen LogP contribution in [0.4, 0.5) is 5.13 Å². The van der Waals surface area contributed by atoms with Gasteiger partial charge in [0.25, 0.3) is 0 Å². The molecule has 1 amide bonds. The number of aromatic nitrogens is 4. The van der Waals surface area contributed by atoms with E-state index in [1.165, 1.54) is 23.1 Å². The molecule has 0 radical (unpaired) electrons. The van der Waals surface area contributed by atoms with E-state index in [9.17, 15) is 4.79 Å². The number of carbonyl (C=O) groups is 1. The quantitative estimate of drug-likeness (QED) is 0.341. The first-order valence-electron chi connectivity index (χ1n) is 8.86. The van der Waals surface area contributed by atoms with Gasteiger partial charge in [0.05, 0.1) is 22.7 Å². The summed E-state index contributed by atoms with van der Waals surface area (Å²) in [5, 5.41) is 15.2. The standard InChI is InChI=1S/C19H15Cl2N5O2S2/c1-2-26-17(15-4-3-7-28-15)24-25-19(26)30-10-16(27)23-18-22-14(9-29-18)12-6-5-11(20)8-13(12)21/h3-9H,2,10H2,1H3,(H,22,23,27). The minimum absolute atomic E-state index is 0.174. The molecule has 0 spiro atoms. The highest BCUT2D eigenvalue weighted by atomic mass is 35.5. The van der Waals surface area contributed by atoms with Crippen LogP contribution in [-0.4, -0.2) is 31.4 Å². The van der Waals surface area contributed by atoms with E-state index in [0.29, 0.717) is 44.2 Å². The number of nitrogens with zero attached hydrogens (tertiary/aromatic N) is 4. The maximum atomic E-state index is 12.4. The van der Waals surface area contributed by atoms with Crippen LogP contribution in [0.5, 0.6) is 0 Å². The summed E-state index contributed by atoms with van der Waals surface area (Å²) in [7, 11) is 0. The fraction of sp³-hybridized carbons (Fsp3) is 0.158. The minimum atomic E-state index is -0.187. The normalized spacial score (nSPS) is 11.0. The third-order valence-corrected chi connectivity index (χ3v) is 6.34. The summed E-state index contributed by atoms with van der Waals surface area (Å²) < 4.78 is 7.30. The summed E-state index contributed by atoms with van der Waals surface area (Å²) in [4.78, 5) is 16.8. The van der Waals surface area contributed by atoms with Gasteiger partial charge in [-0.1, -0.05) is 35.0 Å². The van der Waals surface area contributed by atoms with Crippen LogP contribution in [0.1, 0.15) is 6.92 Å². The number of hydrogen-bond donors (Lipinski definition) is 1. The van der Waals surface area contributed by atoms with E-state index in [0.717, 1.165) is 5.56 Å². The Morgan fingerprint density at radius 2 is 2.17 bits per heavy atom. The van der Waals surface area contributed by atoms with Crippen LogP contribution in [0, 0.1) is 0 Å². The smallest absolute Gasteiger partial charge is 0.236 e. The molecule has 0 fully saturated rings. The molecule has 3 aromatic heterocycles.